The zero-order valence-corrected chi connectivity index (χ0v) is 17.1. The number of carbonyl (C=O) groups is 3. The summed E-state index contributed by atoms with van der Waals surface area (Å²) in [4.78, 5) is 37.7. The summed E-state index contributed by atoms with van der Waals surface area (Å²) >= 11 is 0. The molecule has 2 N–H and O–H groups in total. The normalized spacial score (nSPS) is 17.8. The number of aryl methyl sites for hydroxylation is 1. The summed E-state index contributed by atoms with van der Waals surface area (Å²) in [5, 5.41) is 11.9. The maximum atomic E-state index is 12.5. The van der Waals surface area contributed by atoms with Gasteiger partial charge in [-0.25, -0.2) is 0 Å². The summed E-state index contributed by atoms with van der Waals surface area (Å²) in [6.07, 6.45) is 2.84. The van der Waals surface area contributed by atoms with Gasteiger partial charge in [-0.15, -0.1) is 0 Å². The fourth-order valence-electron chi connectivity index (χ4n) is 3.77. The summed E-state index contributed by atoms with van der Waals surface area (Å²) in [6.45, 7) is 6.61. The van der Waals surface area contributed by atoms with Gasteiger partial charge in [-0.3, -0.25) is 14.4 Å². The molecule has 28 heavy (non-hydrogen) atoms. The fourth-order valence-corrected chi connectivity index (χ4v) is 3.77. The molecule has 0 unspecified atom stereocenters. The van der Waals surface area contributed by atoms with Crippen LogP contribution in [0.1, 0.15) is 64.0 Å². The largest absolute Gasteiger partial charge is 0.481 e. The monoisotopic (exact) mass is 388 g/mol. The Morgan fingerprint density at radius 2 is 1.86 bits per heavy atom. The molecule has 1 heterocycles. The van der Waals surface area contributed by atoms with E-state index in [1.54, 1.807) is 4.90 Å². The third kappa shape index (κ3) is 6.66. The number of carbonyl (C=O) groups excluding carboxylic acids is 2. The Hall–Kier alpha value is -2.37. The second-order valence-electron chi connectivity index (χ2n) is 8.08. The molecule has 2 atom stereocenters. The van der Waals surface area contributed by atoms with Gasteiger partial charge in [0.15, 0.2) is 0 Å². The van der Waals surface area contributed by atoms with Crippen LogP contribution < -0.4 is 5.32 Å². The number of hydrogen-bond donors (Lipinski definition) is 2. The van der Waals surface area contributed by atoms with Crippen molar-refractivity contribution >= 4 is 17.8 Å². The number of likely N-dealkylation sites (tertiary alicyclic amines) is 1. The number of aliphatic carboxylic acids is 1. The third-order valence-corrected chi connectivity index (χ3v) is 5.20. The van der Waals surface area contributed by atoms with Crippen LogP contribution >= 0.6 is 0 Å². The quantitative estimate of drug-likeness (QED) is 0.645. The van der Waals surface area contributed by atoms with Crippen molar-refractivity contribution in [2.45, 2.75) is 77.9 Å². The maximum absolute atomic E-state index is 12.5. The number of carboxylic acid groups (broad SMARTS) is 1. The molecule has 154 valence electrons. The van der Waals surface area contributed by atoms with Gasteiger partial charge in [-0.1, -0.05) is 45.0 Å². The molecule has 1 saturated heterocycles. The van der Waals surface area contributed by atoms with Crippen molar-refractivity contribution in [1.82, 2.24) is 10.2 Å². The van der Waals surface area contributed by atoms with Gasteiger partial charge < -0.3 is 15.3 Å². The molecule has 0 spiro atoms. The number of hydrogen-bond acceptors (Lipinski definition) is 3. The number of carboxylic acids is 1. The highest BCUT2D eigenvalue weighted by molar-refractivity contribution is 5.82. The summed E-state index contributed by atoms with van der Waals surface area (Å²) in [6, 6.07) is 7.69. The van der Waals surface area contributed by atoms with Gasteiger partial charge in [0.05, 0.1) is 6.42 Å². The standard InChI is InChI=1S/C22H32N2O4/c1-4-16-5-7-17(8-6-16)14-24-19(9-10-21(24)26)13-20(25)23-18(11-15(2)3)12-22(27)28/h5-8,15,18-19H,4,9-14H2,1-3H3,(H,23,25)(H,27,28)/t18-,19+/m0/s1. The highest BCUT2D eigenvalue weighted by Crippen LogP contribution is 2.24. The minimum atomic E-state index is -0.917. The zero-order valence-electron chi connectivity index (χ0n) is 17.1. The molecule has 0 bridgehead atoms. The number of amides is 2. The SMILES string of the molecule is CCc1ccc(CN2C(=O)CC[C@@H]2CC(=O)N[C@H](CC(=O)O)CC(C)C)cc1. The van der Waals surface area contributed by atoms with Gasteiger partial charge in [-0.2, -0.15) is 0 Å². The molecule has 6 nitrogen and oxygen atoms in total. The van der Waals surface area contributed by atoms with Crippen molar-refractivity contribution in [3.05, 3.63) is 35.4 Å². The van der Waals surface area contributed by atoms with Crippen LogP contribution in [0, 0.1) is 5.92 Å². The molecule has 1 aromatic rings. The molecule has 1 aromatic carbocycles. The minimum Gasteiger partial charge on any atom is -0.481 e. The van der Waals surface area contributed by atoms with E-state index in [-0.39, 0.29) is 36.7 Å². The van der Waals surface area contributed by atoms with E-state index < -0.39 is 5.97 Å². The van der Waals surface area contributed by atoms with E-state index in [1.165, 1.54) is 5.56 Å². The number of rotatable bonds is 10. The Bertz CT molecular complexity index is 684. The van der Waals surface area contributed by atoms with Gasteiger partial charge >= 0.3 is 5.97 Å². The predicted octanol–water partition coefficient (Wildman–Crippen LogP) is 3.14. The second kappa shape index (κ2) is 10.2. The molecule has 0 aromatic heterocycles. The lowest BCUT2D eigenvalue weighted by Gasteiger charge is -2.26. The molecule has 2 amide bonds. The van der Waals surface area contributed by atoms with E-state index in [2.05, 4.69) is 24.4 Å². The molecule has 1 aliphatic rings. The lowest BCUT2D eigenvalue weighted by atomic mass is 10.0. The van der Waals surface area contributed by atoms with Crippen molar-refractivity contribution < 1.29 is 19.5 Å². The van der Waals surface area contributed by atoms with Crippen LogP contribution in [0.5, 0.6) is 0 Å². The Morgan fingerprint density at radius 3 is 2.43 bits per heavy atom. The third-order valence-electron chi connectivity index (χ3n) is 5.20. The fraction of sp³-hybridized carbons (Fsp3) is 0.591. The first-order valence-corrected chi connectivity index (χ1v) is 10.2. The molecule has 0 radical (unpaired) electrons. The van der Waals surface area contributed by atoms with Gasteiger partial charge in [0.1, 0.15) is 0 Å². The molecule has 6 heteroatoms. The minimum absolute atomic E-state index is 0.0710. The van der Waals surface area contributed by atoms with Gasteiger partial charge in [0.25, 0.3) is 0 Å². The van der Waals surface area contributed by atoms with Crippen LogP contribution in [0.15, 0.2) is 24.3 Å². The van der Waals surface area contributed by atoms with Crippen molar-refractivity contribution in [2.24, 2.45) is 5.92 Å². The van der Waals surface area contributed by atoms with Crippen LogP contribution in [0.2, 0.25) is 0 Å². The molecule has 1 aliphatic heterocycles. The van der Waals surface area contributed by atoms with Crippen LogP contribution in [-0.2, 0) is 27.3 Å². The molecule has 0 saturated carbocycles. The van der Waals surface area contributed by atoms with Crippen LogP contribution in [-0.4, -0.2) is 39.9 Å². The van der Waals surface area contributed by atoms with Crippen molar-refractivity contribution in [1.29, 1.82) is 0 Å². The smallest absolute Gasteiger partial charge is 0.305 e. The zero-order chi connectivity index (χ0) is 20.7. The summed E-state index contributed by atoms with van der Waals surface area (Å²) in [7, 11) is 0. The van der Waals surface area contributed by atoms with Crippen molar-refractivity contribution in [3.8, 4) is 0 Å². The van der Waals surface area contributed by atoms with E-state index in [0.717, 1.165) is 12.0 Å². The predicted molar refractivity (Wildman–Crippen MR) is 108 cm³/mol. The average Bonchev–Trinajstić information content (AvgIpc) is 2.94. The molecule has 0 aliphatic carbocycles. The average molecular weight is 389 g/mol. The first-order chi connectivity index (χ1) is 13.3. The molecule has 2 rings (SSSR count). The number of benzene rings is 1. The van der Waals surface area contributed by atoms with Crippen molar-refractivity contribution in [3.63, 3.8) is 0 Å². The Morgan fingerprint density at radius 1 is 1.21 bits per heavy atom. The number of nitrogens with one attached hydrogen (secondary N) is 1. The van der Waals surface area contributed by atoms with Crippen LogP contribution in [0.3, 0.4) is 0 Å². The van der Waals surface area contributed by atoms with E-state index in [1.807, 2.05) is 26.0 Å². The molecular formula is C22H32N2O4. The van der Waals surface area contributed by atoms with Crippen LogP contribution in [0.4, 0.5) is 0 Å². The lowest BCUT2D eigenvalue weighted by Crippen LogP contribution is -2.41. The Balaban J connectivity index is 1.96. The van der Waals surface area contributed by atoms with E-state index in [9.17, 15) is 14.4 Å². The van der Waals surface area contributed by atoms with E-state index in [4.69, 9.17) is 5.11 Å². The first kappa shape index (κ1) is 21.9. The molecule has 1 fully saturated rings. The van der Waals surface area contributed by atoms with Gasteiger partial charge in [0.2, 0.25) is 11.8 Å². The van der Waals surface area contributed by atoms with Gasteiger partial charge in [-0.05, 0) is 36.3 Å². The lowest BCUT2D eigenvalue weighted by molar-refractivity contribution is -0.137. The maximum Gasteiger partial charge on any atom is 0.305 e. The molecular weight excluding hydrogens is 356 g/mol. The Labute approximate surface area is 167 Å². The summed E-state index contributed by atoms with van der Waals surface area (Å²) in [5.74, 6) is -0.737. The van der Waals surface area contributed by atoms with E-state index in [0.29, 0.717) is 31.7 Å². The summed E-state index contributed by atoms with van der Waals surface area (Å²) in [5.41, 5.74) is 2.31. The van der Waals surface area contributed by atoms with Crippen molar-refractivity contribution in [2.75, 3.05) is 0 Å². The highest BCUT2D eigenvalue weighted by atomic mass is 16.4. The second-order valence-corrected chi connectivity index (χ2v) is 8.08. The van der Waals surface area contributed by atoms with Gasteiger partial charge in [0, 0.05) is 31.5 Å². The Kier molecular flexibility index (Phi) is 8.03. The van der Waals surface area contributed by atoms with E-state index >= 15 is 0 Å². The topological polar surface area (TPSA) is 86.7 Å². The highest BCUT2D eigenvalue weighted by Gasteiger charge is 2.32. The number of nitrogens with zero attached hydrogens (tertiary/aromatic N) is 1. The van der Waals surface area contributed by atoms with Crippen LogP contribution in [0.25, 0.3) is 0 Å². The first-order valence-electron chi connectivity index (χ1n) is 10.2. The summed E-state index contributed by atoms with van der Waals surface area (Å²) < 4.78 is 0.